The summed E-state index contributed by atoms with van der Waals surface area (Å²) in [5, 5.41) is 7.79. The summed E-state index contributed by atoms with van der Waals surface area (Å²) in [6.07, 6.45) is 9.20. The smallest absolute Gasteiger partial charge is 0.251 e. The lowest BCUT2D eigenvalue weighted by atomic mass is 9.94. The van der Waals surface area contributed by atoms with E-state index in [9.17, 15) is 9.59 Å². The Morgan fingerprint density at radius 3 is 2.30 bits per heavy atom. The van der Waals surface area contributed by atoms with Crippen molar-refractivity contribution in [3.05, 3.63) is 66.5 Å². The van der Waals surface area contributed by atoms with Gasteiger partial charge in [-0.25, -0.2) is 0 Å². The first-order chi connectivity index (χ1) is 20.9. The number of anilines is 3. The van der Waals surface area contributed by atoms with Crippen molar-refractivity contribution in [2.75, 3.05) is 55.8 Å². The molecule has 2 aromatic carbocycles. The van der Waals surface area contributed by atoms with Crippen LogP contribution in [-0.2, 0) is 16.1 Å². The zero-order valence-corrected chi connectivity index (χ0v) is 25.0. The molecule has 3 fully saturated rings. The molecule has 228 valence electrons. The van der Waals surface area contributed by atoms with E-state index in [2.05, 4.69) is 44.5 Å². The number of nitrogens with two attached hydrogens (primary N) is 1. The van der Waals surface area contributed by atoms with Crippen molar-refractivity contribution >= 4 is 28.9 Å². The van der Waals surface area contributed by atoms with Crippen LogP contribution in [0.5, 0.6) is 5.75 Å². The molecule has 0 aliphatic carbocycles. The van der Waals surface area contributed by atoms with Crippen molar-refractivity contribution in [2.24, 2.45) is 5.92 Å². The van der Waals surface area contributed by atoms with E-state index >= 15 is 0 Å². The van der Waals surface area contributed by atoms with Gasteiger partial charge in [0.05, 0.1) is 31.6 Å². The summed E-state index contributed by atoms with van der Waals surface area (Å²) < 4.78 is 7.25. The van der Waals surface area contributed by atoms with Crippen LogP contribution in [-0.4, -0.2) is 77.3 Å². The Morgan fingerprint density at radius 2 is 1.65 bits per heavy atom. The molecule has 2 amide bonds. The fourth-order valence-electron chi connectivity index (χ4n) is 6.68. The maximum absolute atomic E-state index is 13.2. The van der Waals surface area contributed by atoms with E-state index in [4.69, 9.17) is 10.5 Å². The quantitative estimate of drug-likeness (QED) is 0.361. The summed E-state index contributed by atoms with van der Waals surface area (Å²) in [7, 11) is 1.62. The predicted molar refractivity (Wildman–Crippen MR) is 168 cm³/mol. The first-order valence-corrected chi connectivity index (χ1v) is 15.6. The van der Waals surface area contributed by atoms with E-state index in [1.54, 1.807) is 13.3 Å². The van der Waals surface area contributed by atoms with Gasteiger partial charge >= 0.3 is 0 Å². The van der Waals surface area contributed by atoms with Crippen molar-refractivity contribution in [1.29, 1.82) is 0 Å². The van der Waals surface area contributed by atoms with Crippen LogP contribution in [0.15, 0.2) is 60.9 Å². The molecule has 10 heteroatoms. The molecule has 1 atom stereocenters. The third kappa shape index (κ3) is 6.96. The Morgan fingerprint density at radius 1 is 0.930 bits per heavy atom. The number of hydrogen-bond donors (Lipinski definition) is 2. The molecule has 3 saturated heterocycles. The Bertz CT molecular complexity index is 1370. The van der Waals surface area contributed by atoms with Gasteiger partial charge in [-0.15, -0.1) is 0 Å². The number of hydrogen-bond acceptors (Lipinski definition) is 8. The van der Waals surface area contributed by atoms with Gasteiger partial charge in [-0.05, 0) is 80.0 Å². The molecule has 6 rings (SSSR count). The Kier molecular flexibility index (Phi) is 8.83. The molecule has 1 aromatic heterocycles. The molecule has 1 unspecified atom stereocenters. The number of carbonyl (C=O) groups is 2. The number of rotatable bonds is 9. The molecule has 43 heavy (non-hydrogen) atoms. The highest BCUT2D eigenvalue weighted by molar-refractivity contribution is 6.01. The second kappa shape index (κ2) is 13.1. The zero-order valence-electron chi connectivity index (χ0n) is 25.0. The molecular weight excluding hydrogens is 542 g/mol. The number of benzene rings is 2. The Hall–Kier alpha value is -4.05. The van der Waals surface area contributed by atoms with Crippen LogP contribution in [0.4, 0.5) is 17.1 Å². The number of imide groups is 1. The maximum Gasteiger partial charge on any atom is 0.251 e. The molecule has 3 aliphatic heterocycles. The van der Waals surface area contributed by atoms with Crippen LogP contribution >= 0.6 is 0 Å². The number of nitrogens with zero attached hydrogens (tertiary/aromatic N) is 5. The lowest BCUT2D eigenvalue weighted by molar-refractivity contribution is -0.149. The summed E-state index contributed by atoms with van der Waals surface area (Å²) in [6, 6.07) is 15.9. The number of nitrogens with one attached hydrogen (secondary N) is 1. The zero-order chi connectivity index (χ0) is 29.8. The number of aromatic nitrogens is 2. The van der Waals surface area contributed by atoms with E-state index in [0.717, 1.165) is 67.6 Å². The average molecular weight is 586 g/mol. The summed E-state index contributed by atoms with van der Waals surface area (Å²) in [6.45, 7) is 5.81. The Labute approximate surface area is 253 Å². The second-order valence-electron chi connectivity index (χ2n) is 12.2. The Balaban J connectivity index is 0.957. The number of carbonyl (C=O) groups excluding carboxylic acids is 2. The van der Waals surface area contributed by atoms with Gasteiger partial charge in [0.25, 0.3) is 5.91 Å². The van der Waals surface area contributed by atoms with Crippen LogP contribution in [0, 0.1) is 5.92 Å². The molecule has 0 radical (unpaired) electrons. The molecule has 0 bridgehead atoms. The highest BCUT2D eigenvalue weighted by Crippen LogP contribution is 2.29. The number of amides is 2. The standard InChI is InChI=1S/C33H43N7O3/c1-43-30-8-2-24(3-9-30)22-39-32(41)11-10-31(33(39)42)36-27-4-6-28(7-5-27)38-18-12-25(13-19-38)21-37-16-14-29(15-17-37)40-23-26(34)20-35-40/h2-9,20,23,25,29,31,36H,10-19,21-22,34H2,1H3. The van der Waals surface area contributed by atoms with Crippen LogP contribution in [0.2, 0.25) is 0 Å². The lowest BCUT2D eigenvalue weighted by Crippen LogP contribution is -2.50. The highest BCUT2D eigenvalue weighted by atomic mass is 16.5. The van der Waals surface area contributed by atoms with E-state index in [0.29, 0.717) is 18.9 Å². The van der Waals surface area contributed by atoms with Crippen LogP contribution in [0.3, 0.4) is 0 Å². The minimum Gasteiger partial charge on any atom is -0.497 e. The summed E-state index contributed by atoms with van der Waals surface area (Å²) in [4.78, 5) is 32.3. The van der Waals surface area contributed by atoms with Crippen LogP contribution in [0.25, 0.3) is 0 Å². The number of nitrogen functional groups attached to an aromatic ring is 1. The minimum absolute atomic E-state index is 0.123. The summed E-state index contributed by atoms with van der Waals surface area (Å²) in [5.74, 6) is 1.18. The molecule has 3 N–H and O–H groups in total. The molecule has 0 saturated carbocycles. The van der Waals surface area contributed by atoms with E-state index in [1.165, 1.54) is 30.0 Å². The topological polar surface area (TPSA) is 109 Å². The van der Waals surface area contributed by atoms with Gasteiger partial charge < -0.3 is 25.6 Å². The number of ether oxygens (including phenoxy) is 1. The third-order valence-corrected chi connectivity index (χ3v) is 9.27. The fourth-order valence-corrected chi connectivity index (χ4v) is 6.68. The molecule has 3 aliphatic rings. The molecular formula is C33H43N7O3. The van der Waals surface area contributed by atoms with Gasteiger partial charge in [0.2, 0.25) is 5.91 Å². The van der Waals surface area contributed by atoms with Gasteiger partial charge in [0.15, 0.2) is 0 Å². The van der Waals surface area contributed by atoms with Crippen LogP contribution in [0.1, 0.15) is 50.1 Å². The normalized spacial score (nSPS) is 20.9. The highest BCUT2D eigenvalue weighted by Gasteiger charge is 2.34. The van der Waals surface area contributed by atoms with Gasteiger partial charge in [-0.1, -0.05) is 12.1 Å². The van der Waals surface area contributed by atoms with E-state index in [-0.39, 0.29) is 18.4 Å². The van der Waals surface area contributed by atoms with Crippen LogP contribution < -0.4 is 20.7 Å². The predicted octanol–water partition coefficient (Wildman–Crippen LogP) is 4.16. The number of piperidine rings is 3. The van der Waals surface area contributed by atoms with Gasteiger partial charge in [-0.3, -0.25) is 19.2 Å². The largest absolute Gasteiger partial charge is 0.497 e. The molecule has 3 aromatic rings. The number of methoxy groups -OCH3 is 1. The van der Waals surface area contributed by atoms with Crippen molar-refractivity contribution in [1.82, 2.24) is 19.6 Å². The molecule has 0 spiro atoms. The third-order valence-electron chi connectivity index (χ3n) is 9.27. The van der Waals surface area contributed by atoms with Gasteiger partial charge in [0.1, 0.15) is 11.8 Å². The lowest BCUT2D eigenvalue weighted by Gasteiger charge is -2.38. The van der Waals surface area contributed by atoms with E-state index in [1.807, 2.05) is 35.1 Å². The van der Waals surface area contributed by atoms with E-state index < -0.39 is 6.04 Å². The van der Waals surface area contributed by atoms with Crippen molar-refractivity contribution in [2.45, 2.75) is 57.2 Å². The minimum atomic E-state index is -0.416. The first kappa shape index (κ1) is 29.0. The summed E-state index contributed by atoms with van der Waals surface area (Å²) in [5.41, 5.74) is 9.61. The van der Waals surface area contributed by atoms with Gasteiger partial charge in [0, 0.05) is 56.7 Å². The van der Waals surface area contributed by atoms with Crippen molar-refractivity contribution in [3.8, 4) is 5.75 Å². The van der Waals surface area contributed by atoms with Gasteiger partial charge in [-0.2, -0.15) is 5.10 Å². The maximum atomic E-state index is 13.2. The molecule has 10 nitrogen and oxygen atoms in total. The molecule has 4 heterocycles. The summed E-state index contributed by atoms with van der Waals surface area (Å²) >= 11 is 0. The van der Waals surface area contributed by atoms with Crippen molar-refractivity contribution in [3.63, 3.8) is 0 Å². The number of likely N-dealkylation sites (tertiary alicyclic amines) is 2. The average Bonchev–Trinajstić information content (AvgIpc) is 3.48. The first-order valence-electron chi connectivity index (χ1n) is 15.6. The van der Waals surface area contributed by atoms with Crippen molar-refractivity contribution < 1.29 is 14.3 Å². The monoisotopic (exact) mass is 585 g/mol. The fraction of sp³-hybridized carbons (Fsp3) is 0.485. The second-order valence-corrected chi connectivity index (χ2v) is 12.2. The SMILES string of the molecule is COc1ccc(CN2C(=O)CCC(Nc3ccc(N4CCC(CN5CCC(n6cc(N)cn6)CC5)CC4)cc3)C2=O)cc1.